The summed E-state index contributed by atoms with van der Waals surface area (Å²) in [4.78, 5) is 11.4. The molecule has 1 aliphatic carbocycles. The van der Waals surface area contributed by atoms with E-state index < -0.39 is 17.5 Å². The van der Waals surface area contributed by atoms with Gasteiger partial charge in [-0.2, -0.15) is 5.26 Å². The molecular weight excluding hydrogens is 218 g/mol. The summed E-state index contributed by atoms with van der Waals surface area (Å²) in [5, 5.41) is 18.7. The smallest absolute Gasteiger partial charge is 0.335 e. The van der Waals surface area contributed by atoms with Gasteiger partial charge in [-0.1, -0.05) is 12.1 Å². The Kier molecular flexibility index (Phi) is 2.86. The summed E-state index contributed by atoms with van der Waals surface area (Å²) in [7, 11) is 1.26. The molecule has 1 atom stereocenters. The molecule has 1 aliphatic rings. The topological polar surface area (TPSA) is 70.3 Å². The lowest BCUT2D eigenvalue weighted by Crippen LogP contribution is -2.34. The summed E-state index contributed by atoms with van der Waals surface area (Å²) >= 11 is 0. The maximum atomic E-state index is 11.4. The Labute approximate surface area is 99.4 Å². The highest BCUT2D eigenvalue weighted by Gasteiger charge is 2.53. The number of nitriles is 1. The van der Waals surface area contributed by atoms with Crippen LogP contribution in [0.1, 0.15) is 24.0 Å². The van der Waals surface area contributed by atoms with E-state index >= 15 is 0 Å². The first kappa shape index (κ1) is 11.6. The Bertz CT molecular complexity index is 468. The Balaban J connectivity index is 2.26. The number of aliphatic hydroxyl groups excluding tert-OH is 1. The summed E-state index contributed by atoms with van der Waals surface area (Å²) < 4.78 is 4.56. The van der Waals surface area contributed by atoms with E-state index in [1.54, 1.807) is 24.3 Å². The molecule has 1 aromatic carbocycles. The van der Waals surface area contributed by atoms with Crippen LogP contribution in [-0.2, 0) is 14.9 Å². The average Bonchev–Trinajstić information content (AvgIpc) is 3.18. The maximum Gasteiger partial charge on any atom is 0.335 e. The van der Waals surface area contributed by atoms with Gasteiger partial charge in [0.05, 0.1) is 18.7 Å². The van der Waals surface area contributed by atoms with E-state index in [1.807, 2.05) is 6.07 Å². The summed E-state index contributed by atoms with van der Waals surface area (Å²) in [6, 6.07) is 9.00. The van der Waals surface area contributed by atoms with Gasteiger partial charge < -0.3 is 9.84 Å². The van der Waals surface area contributed by atoms with E-state index in [9.17, 15) is 9.90 Å². The molecule has 1 N–H and O–H groups in total. The molecule has 1 fully saturated rings. The second-order valence-electron chi connectivity index (χ2n) is 4.27. The van der Waals surface area contributed by atoms with Crippen molar-refractivity contribution in [3.63, 3.8) is 0 Å². The molecule has 0 bridgehead atoms. The van der Waals surface area contributed by atoms with Gasteiger partial charge in [0, 0.05) is 5.41 Å². The molecule has 88 valence electrons. The van der Waals surface area contributed by atoms with Gasteiger partial charge in [-0.15, -0.1) is 0 Å². The number of hydrogen-bond acceptors (Lipinski definition) is 4. The van der Waals surface area contributed by atoms with Gasteiger partial charge in [-0.3, -0.25) is 0 Å². The Hall–Kier alpha value is -1.86. The third-order valence-corrected chi connectivity index (χ3v) is 3.33. The van der Waals surface area contributed by atoms with E-state index in [1.165, 1.54) is 7.11 Å². The maximum absolute atomic E-state index is 11.4. The number of nitrogens with zero attached hydrogens (tertiary/aromatic N) is 1. The predicted molar refractivity (Wildman–Crippen MR) is 60.1 cm³/mol. The number of ether oxygens (including phenoxy) is 1. The highest BCUT2D eigenvalue weighted by molar-refractivity contribution is 5.77. The van der Waals surface area contributed by atoms with Gasteiger partial charge in [0.15, 0.2) is 6.10 Å². The minimum atomic E-state index is -1.12. The van der Waals surface area contributed by atoms with Crippen molar-refractivity contribution in [2.75, 3.05) is 7.11 Å². The molecule has 1 unspecified atom stereocenters. The van der Waals surface area contributed by atoms with Crippen molar-refractivity contribution < 1.29 is 14.6 Å². The van der Waals surface area contributed by atoms with E-state index in [-0.39, 0.29) is 0 Å². The molecule has 1 saturated carbocycles. The second kappa shape index (κ2) is 4.19. The summed E-state index contributed by atoms with van der Waals surface area (Å²) in [6.45, 7) is 0. The molecule has 0 amide bonds. The summed E-state index contributed by atoms with van der Waals surface area (Å²) in [5.74, 6) is -0.605. The second-order valence-corrected chi connectivity index (χ2v) is 4.27. The van der Waals surface area contributed by atoms with Gasteiger partial charge in [-0.25, -0.2) is 4.79 Å². The first-order chi connectivity index (χ1) is 8.14. The normalized spacial score (nSPS) is 17.9. The molecule has 4 heteroatoms. The highest BCUT2D eigenvalue weighted by atomic mass is 16.5. The summed E-state index contributed by atoms with van der Waals surface area (Å²) in [6.07, 6.45) is 0.394. The first-order valence-corrected chi connectivity index (χ1v) is 5.40. The summed E-state index contributed by atoms with van der Waals surface area (Å²) in [5.41, 5.74) is 0.938. The number of hydrogen-bond donors (Lipinski definition) is 1. The number of methoxy groups -OCH3 is 1. The Morgan fingerprint density at radius 3 is 2.47 bits per heavy atom. The molecule has 17 heavy (non-hydrogen) atoms. The van der Waals surface area contributed by atoms with E-state index in [2.05, 4.69) is 4.74 Å². The fraction of sp³-hybridized carbons (Fsp3) is 0.385. The van der Waals surface area contributed by atoms with Crippen molar-refractivity contribution in [2.24, 2.45) is 0 Å². The van der Waals surface area contributed by atoms with Gasteiger partial charge in [0.2, 0.25) is 0 Å². The third kappa shape index (κ3) is 1.90. The Morgan fingerprint density at radius 2 is 2.06 bits per heavy atom. The molecule has 0 aromatic heterocycles. The lowest BCUT2D eigenvalue weighted by molar-refractivity contribution is -0.152. The van der Waals surface area contributed by atoms with Crippen LogP contribution in [0.5, 0.6) is 0 Å². The fourth-order valence-electron chi connectivity index (χ4n) is 2.07. The SMILES string of the molecule is COC(=O)C(O)C1(c2ccc(C#N)cc2)CC1. The minimum Gasteiger partial charge on any atom is -0.467 e. The van der Waals surface area contributed by atoms with Gasteiger partial charge in [0.1, 0.15) is 0 Å². The fourth-order valence-corrected chi connectivity index (χ4v) is 2.07. The molecule has 0 saturated heterocycles. The van der Waals surface area contributed by atoms with Crippen molar-refractivity contribution >= 4 is 5.97 Å². The zero-order valence-electron chi connectivity index (χ0n) is 9.51. The van der Waals surface area contributed by atoms with Crippen LogP contribution in [0.15, 0.2) is 24.3 Å². The molecule has 4 nitrogen and oxygen atoms in total. The van der Waals surface area contributed by atoms with Gasteiger partial charge in [0.25, 0.3) is 0 Å². The van der Waals surface area contributed by atoms with Crippen LogP contribution < -0.4 is 0 Å². The van der Waals surface area contributed by atoms with Crippen molar-refractivity contribution in [1.82, 2.24) is 0 Å². The van der Waals surface area contributed by atoms with Crippen molar-refractivity contribution in [3.8, 4) is 6.07 Å². The quantitative estimate of drug-likeness (QED) is 0.791. The van der Waals surface area contributed by atoms with Crippen LogP contribution in [0.25, 0.3) is 0 Å². The number of carbonyl (C=O) groups is 1. The zero-order valence-corrected chi connectivity index (χ0v) is 9.51. The monoisotopic (exact) mass is 231 g/mol. The van der Waals surface area contributed by atoms with Crippen LogP contribution >= 0.6 is 0 Å². The predicted octanol–water partition coefficient (Wildman–Crippen LogP) is 1.12. The molecule has 2 rings (SSSR count). The van der Waals surface area contributed by atoms with Gasteiger partial charge in [-0.05, 0) is 30.5 Å². The van der Waals surface area contributed by atoms with Crippen molar-refractivity contribution in [2.45, 2.75) is 24.4 Å². The number of esters is 1. The van der Waals surface area contributed by atoms with Crippen LogP contribution in [0.3, 0.4) is 0 Å². The van der Waals surface area contributed by atoms with Crippen LogP contribution in [0, 0.1) is 11.3 Å². The number of benzene rings is 1. The van der Waals surface area contributed by atoms with E-state index in [0.29, 0.717) is 5.56 Å². The Morgan fingerprint density at radius 1 is 1.47 bits per heavy atom. The highest BCUT2D eigenvalue weighted by Crippen LogP contribution is 2.51. The van der Waals surface area contributed by atoms with Crippen molar-refractivity contribution in [3.05, 3.63) is 35.4 Å². The standard InChI is InChI=1S/C13H13NO3/c1-17-12(16)11(15)13(6-7-13)10-4-2-9(8-14)3-5-10/h2-5,11,15H,6-7H2,1H3. The molecule has 0 aliphatic heterocycles. The number of carbonyl (C=O) groups excluding carboxylic acids is 1. The van der Waals surface area contributed by atoms with E-state index in [4.69, 9.17) is 5.26 Å². The van der Waals surface area contributed by atoms with E-state index in [0.717, 1.165) is 18.4 Å². The minimum absolute atomic E-state index is 0.513. The number of rotatable bonds is 3. The van der Waals surface area contributed by atoms with Crippen molar-refractivity contribution in [1.29, 1.82) is 5.26 Å². The first-order valence-electron chi connectivity index (χ1n) is 5.40. The largest absolute Gasteiger partial charge is 0.467 e. The third-order valence-electron chi connectivity index (χ3n) is 3.33. The molecular formula is C13H13NO3. The van der Waals surface area contributed by atoms with Crippen LogP contribution in [-0.4, -0.2) is 24.3 Å². The zero-order chi connectivity index (χ0) is 12.5. The molecule has 1 aromatic rings. The molecule has 0 heterocycles. The van der Waals surface area contributed by atoms with Crippen LogP contribution in [0.2, 0.25) is 0 Å². The molecule has 0 radical (unpaired) electrons. The number of aliphatic hydroxyl groups is 1. The molecule has 0 spiro atoms. The van der Waals surface area contributed by atoms with Crippen LogP contribution in [0.4, 0.5) is 0 Å². The van der Waals surface area contributed by atoms with Gasteiger partial charge >= 0.3 is 5.97 Å². The lowest BCUT2D eigenvalue weighted by Gasteiger charge is -2.20. The average molecular weight is 231 g/mol. The lowest BCUT2D eigenvalue weighted by atomic mass is 9.89.